The van der Waals surface area contributed by atoms with Crippen LogP contribution in [0.4, 0.5) is 5.82 Å². The van der Waals surface area contributed by atoms with Gasteiger partial charge in [0.1, 0.15) is 5.82 Å². The van der Waals surface area contributed by atoms with Crippen molar-refractivity contribution in [2.75, 3.05) is 31.1 Å². The Morgan fingerprint density at radius 2 is 1.85 bits per heavy atom. The minimum atomic E-state index is 0.0452. The van der Waals surface area contributed by atoms with E-state index in [1.165, 1.54) is 0 Å². The van der Waals surface area contributed by atoms with Gasteiger partial charge in [0.05, 0.1) is 18.1 Å². The van der Waals surface area contributed by atoms with Crippen LogP contribution < -0.4 is 4.90 Å². The van der Waals surface area contributed by atoms with Gasteiger partial charge in [-0.3, -0.25) is 4.79 Å². The maximum absolute atomic E-state index is 12.9. The highest BCUT2D eigenvalue weighted by Gasteiger charge is 2.23. The molecule has 7 heteroatoms. The monoisotopic (exact) mass is 348 g/mol. The number of pyridine rings is 1. The smallest absolute Gasteiger partial charge is 0.254 e. The van der Waals surface area contributed by atoms with Gasteiger partial charge in [-0.05, 0) is 37.3 Å². The molecule has 1 aliphatic rings. The topological polar surface area (TPSA) is 67.2 Å². The molecule has 1 saturated heterocycles. The Bertz CT molecular complexity index is 900. The summed E-state index contributed by atoms with van der Waals surface area (Å²) >= 11 is 0. The number of nitrogens with zero attached hydrogens (tertiary/aromatic N) is 6. The SMILES string of the molecule is Cc1cccc(N2CCN(C(=O)c3cccc(-n4ccnn4)c3)CC2)n1. The van der Waals surface area contributed by atoms with Gasteiger partial charge < -0.3 is 9.80 Å². The molecule has 0 aliphatic carbocycles. The van der Waals surface area contributed by atoms with Gasteiger partial charge in [-0.15, -0.1) is 5.10 Å². The molecule has 3 heterocycles. The predicted molar refractivity (Wildman–Crippen MR) is 98.4 cm³/mol. The van der Waals surface area contributed by atoms with E-state index in [9.17, 15) is 4.79 Å². The van der Waals surface area contributed by atoms with Crippen molar-refractivity contribution in [3.05, 3.63) is 66.1 Å². The highest BCUT2D eigenvalue weighted by atomic mass is 16.2. The summed E-state index contributed by atoms with van der Waals surface area (Å²) in [6, 6.07) is 13.5. The van der Waals surface area contributed by atoms with Gasteiger partial charge in [0.15, 0.2) is 0 Å². The first-order valence-corrected chi connectivity index (χ1v) is 8.65. The molecule has 0 unspecified atom stereocenters. The molecule has 1 fully saturated rings. The molecule has 0 atom stereocenters. The summed E-state index contributed by atoms with van der Waals surface area (Å²) in [5.74, 6) is 1.02. The first-order valence-electron chi connectivity index (χ1n) is 8.65. The van der Waals surface area contributed by atoms with Crippen molar-refractivity contribution in [3.63, 3.8) is 0 Å². The number of hydrogen-bond acceptors (Lipinski definition) is 5. The van der Waals surface area contributed by atoms with Crippen molar-refractivity contribution >= 4 is 11.7 Å². The largest absolute Gasteiger partial charge is 0.353 e. The number of rotatable bonds is 3. The Kier molecular flexibility index (Phi) is 4.35. The molecule has 0 spiro atoms. The van der Waals surface area contributed by atoms with E-state index in [0.29, 0.717) is 18.7 Å². The Morgan fingerprint density at radius 3 is 2.58 bits per heavy atom. The number of carbonyl (C=O) groups excluding carboxylic acids is 1. The lowest BCUT2D eigenvalue weighted by atomic mass is 10.1. The van der Waals surface area contributed by atoms with Gasteiger partial charge in [-0.2, -0.15) is 0 Å². The third kappa shape index (κ3) is 3.28. The van der Waals surface area contributed by atoms with Gasteiger partial charge in [-0.25, -0.2) is 9.67 Å². The maximum atomic E-state index is 12.9. The zero-order valence-electron chi connectivity index (χ0n) is 14.6. The van der Waals surface area contributed by atoms with E-state index in [-0.39, 0.29) is 5.91 Å². The highest BCUT2D eigenvalue weighted by Crippen LogP contribution is 2.17. The maximum Gasteiger partial charge on any atom is 0.254 e. The molecular weight excluding hydrogens is 328 g/mol. The molecule has 26 heavy (non-hydrogen) atoms. The van der Waals surface area contributed by atoms with Crippen molar-refractivity contribution in [2.45, 2.75) is 6.92 Å². The van der Waals surface area contributed by atoms with Gasteiger partial charge in [0, 0.05) is 37.4 Å². The van der Waals surface area contributed by atoms with Crippen molar-refractivity contribution in [2.24, 2.45) is 0 Å². The van der Waals surface area contributed by atoms with Crippen LogP contribution in [0.3, 0.4) is 0 Å². The molecule has 0 bridgehead atoms. The zero-order chi connectivity index (χ0) is 17.9. The Balaban J connectivity index is 1.45. The third-order valence-corrected chi connectivity index (χ3v) is 4.54. The molecule has 0 saturated carbocycles. The summed E-state index contributed by atoms with van der Waals surface area (Å²) < 4.78 is 1.65. The second-order valence-corrected chi connectivity index (χ2v) is 6.31. The average molecular weight is 348 g/mol. The molecule has 0 radical (unpaired) electrons. The Hall–Kier alpha value is -3.22. The van der Waals surface area contributed by atoms with Crippen molar-refractivity contribution < 1.29 is 4.79 Å². The van der Waals surface area contributed by atoms with E-state index >= 15 is 0 Å². The lowest BCUT2D eigenvalue weighted by Gasteiger charge is -2.35. The van der Waals surface area contributed by atoms with Crippen LogP contribution in [0.25, 0.3) is 5.69 Å². The van der Waals surface area contributed by atoms with Crippen molar-refractivity contribution in [1.29, 1.82) is 0 Å². The van der Waals surface area contributed by atoms with Gasteiger partial charge in [0.2, 0.25) is 0 Å². The zero-order valence-corrected chi connectivity index (χ0v) is 14.6. The van der Waals surface area contributed by atoms with Gasteiger partial charge >= 0.3 is 0 Å². The minimum absolute atomic E-state index is 0.0452. The number of anilines is 1. The van der Waals surface area contributed by atoms with E-state index < -0.39 is 0 Å². The minimum Gasteiger partial charge on any atom is -0.353 e. The molecule has 7 nitrogen and oxygen atoms in total. The number of carbonyl (C=O) groups is 1. The second-order valence-electron chi connectivity index (χ2n) is 6.31. The Labute approximate surface area is 151 Å². The van der Waals surface area contributed by atoms with Crippen molar-refractivity contribution in [3.8, 4) is 5.69 Å². The summed E-state index contributed by atoms with van der Waals surface area (Å²) in [5, 5.41) is 7.79. The van der Waals surface area contributed by atoms with Gasteiger partial charge in [-0.1, -0.05) is 17.3 Å². The van der Waals surface area contributed by atoms with Crippen LogP contribution >= 0.6 is 0 Å². The standard InChI is InChI=1S/C19H20N6O/c1-15-4-2-7-18(21-15)23-10-12-24(13-11-23)19(26)16-5-3-6-17(14-16)25-9-8-20-22-25/h2-9,14H,10-13H2,1H3. The molecule has 1 aromatic carbocycles. The summed E-state index contributed by atoms with van der Waals surface area (Å²) in [4.78, 5) is 21.6. The number of aromatic nitrogens is 4. The van der Waals surface area contributed by atoms with E-state index in [1.54, 1.807) is 17.1 Å². The quantitative estimate of drug-likeness (QED) is 0.724. The molecule has 1 aliphatic heterocycles. The fourth-order valence-corrected chi connectivity index (χ4v) is 3.15. The van der Waals surface area contributed by atoms with Crippen LogP contribution in [0.5, 0.6) is 0 Å². The molecule has 3 aromatic rings. The molecule has 132 valence electrons. The lowest BCUT2D eigenvalue weighted by Crippen LogP contribution is -2.49. The number of benzene rings is 1. The average Bonchev–Trinajstić information content (AvgIpc) is 3.23. The third-order valence-electron chi connectivity index (χ3n) is 4.54. The number of aryl methyl sites for hydroxylation is 1. The number of amides is 1. The molecule has 0 N–H and O–H groups in total. The predicted octanol–water partition coefficient (Wildman–Crippen LogP) is 1.93. The molecule has 1 amide bonds. The van der Waals surface area contributed by atoms with E-state index in [2.05, 4.69) is 20.2 Å². The van der Waals surface area contributed by atoms with Crippen LogP contribution in [0.2, 0.25) is 0 Å². The number of piperazine rings is 1. The second kappa shape index (κ2) is 6.95. The Morgan fingerprint density at radius 1 is 1.04 bits per heavy atom. The van der Waals surface area contributed by atoms with E-state index in [1.807, 2.05) is 54.3 Å². The van der Waals surface area contributed by atoms with Crippen molar-refractivity contribution in [1.82, 2.24) is 24.9 Å². The summed E-state index contributed by atoms with van der Waals surface area (Å²) in [6.45, 7) is 4.92. The molecule has 4 rings (SSSR count). The van der Waals surface area contributed by atoms with E-state index in [4.69, 9.17) is 0 Å². The normalized spacial score (nSPS) is 14.5. The van der Waals surface area contributed by atoms with Crippen LogP contribution in [-0.4, -0.2) is 57.0 Å². The summed E-state index contributed by atoms with van der Waals surface area (Å²) in [6.07, 6.45) is 3.38. The summed E-state index contributed by atoms with van der Waals surface area (Å²) in [7, 11) is 0. The first kappa shape index (κ1) is 16.3. The fraction of sp³-hybridized carbons (Fsp3) is 0.263. The van der Waals surface area contributed by atoms with Crippen LogP contribution in [-0.2, 0) is 0 Å². The first-order chi connectivity index (χ1) is 12.7. The fourth-order valence-electron chi connectivity index (χ4n) is 3.15. The van der Waals surface area contributed by atoms with Crippen LogP contribution in [0.15, 0.2) is 54.9 Å². The highest BCUT2D eigenvalue weighted by molar-refractivity contribution is 5.95. The number of hydrogen-bond donors (Lipinski definition) is 0. The van der Waals surface area contributed by atoms with Gasteiger partial charge in [0.25, 0.3) is 5.91 Å². The molecular formula is C19H20N6O. The van der Waals surface area contributed by atoms with E-state index in [0.717, 1.165) is 30.3 Å². The van der Waals surface area contributed by atoms with Crippen LogP contribution in [0.1, 0.15) is 16.1 Å². The summed E-state index contributed by atoms with van der Waals surface area (Å²) in [5.41, 5.74) is 2.50. The molecule has 2 aromatic heterocycles. The van der Waals surface area contributed by atoms with Crippen LogP contribution in [0, 0.1) is 6.92 Å². The lowest BCUT2D eigenvalue weighted by molar-refractivity contribution is 0.0746.